The number of anilines is 1. The minimum Gasteiger partial charge on any atom is -0.461 e. The lowest BCUT2D eigenvalue weighted by Crippen LogP contribution is -2.51. The van der Waals surface area contributed by atoms with E-state index in [1.807, 2.05) is 4.90 Å². The standard InChI is InChI=1S/C34H30F4N6O/c1-2-23-26(36)8-7-20-5-3-6-24(28(20)23)29-27(37)15-25-31(30(29)38)41-33(42-32(25)43-14-12-40-22(18-43)9-11-39)45-19-34-10-4-13-44(34)17-21(35)16-34/h1,3,5-8,15,21-22,40H,4,9-10,12-14,16-19H2/t21-,22+,34+/m1/s1. The Balaban J connectivity index is 1.39. The molecule has 7 rings (SSSR count). The molecule has 3 aliphatic rings. The Bertz CT molecular complexity index is 1900. The first-order valence-corrected chi connectivity index (χ1v) is 15.1. The van der Waals surface area contributed by atoms with Crippen molar-refractivity contribution in [1.82, 2.24) is 20.2 Å². The first kappa shape index (κ1) is 29.3. The molecule has 3 fully saturated rings. The van der Waals surface area contributed by atoms with Crippen molar-refractivity contribution in [3.63, 3.8) is 0 Å². The molecule has 4 heterocycles. The second-order valence-electron chi connectivity index (χ2n) is 12.1. The zero-order chi connectivity index (χ0) is 31.3. The van der Waals surface area contributed by atoms with Crippen molar-refractivity contribution < 1.29 is 22.3 Å². The van der Waals surface area contributed by atoms with Crippen LogP contribution in [0.5, 0.6) is 6.01 Å². The fraction of sp³-hybridized carbons (Fsp3) is 0.382. The summed E-state index contributed by atoms with van der Waals surface area (Å²) in [7, 11) is 0. The number of fused-ring (bicyclic) bond motifs is 3. The van der Waals surface area contributed by atoms with Crippen LogP contribution in [0.1, 0.15) is 31.2 Å². The monoisotopic (exact) mass is 614 g/mol. The largest absolute Gasteiger partial charge is 0.461 e. The Morgan fingerprint density at radius 2 is 1.98 bits per heavy atom. The van der Waals surface area contributed by atoms with Crippen molar-refractivity contribution in [2.75, 3.05) is 44.2 Å². The molecule has 0 spiro atoms. The molecule has 45 heavy (non-hydrogen) atoms. The minimum atomic E-state index is -0.965. The summed E-state index contributed by atoms with van der Waals surface area (Å²) in [4.78, 5) is 13.1. The number of terminal acetylenes is 1. The van der Waals surface area contributed by atoms with Crippen molar-refractivity contribution in [2.24, 2.45) is 0 Å². The molecule has 7 nitrogen and oxygen atoms in total. The van der Waals surface area contributed by atoms with Gasteiger partial charge in [0.05, 0.1) is 29.2 Å². The number of aromatic nitrogens is 2. The Kier molecular flexibility index (Phi) is 7.47. The molecule has 1 aromatic heterocycles. The van der Waals surface area contributed by atoms with E-state index in [1.165, 1.54) is 24.3 Å². The van der Waals surface area contributed by atoms with Gasteiger partial charge in [-0.25, -0.2) is 17.6 Å². The maximum atomic E-state index is 16.7. The fourth-order valence-electron chi connectivity index (χ4n) is 7.33. The predicted octanol–water partition coefficient (Wildman–Crippen LogP) is 5.50. The van der Waals surface area contributed by atoms with Gasteiger partial charge in [0.25, 0.3) is 0 Å². The number of benzene rings is 3. The lowest BCUT2D eigenvalue weighted by molar-refractivity contribution is 0.107. The van der Waals surface area contributed by atoms with Crippen molar-refractivity contribution in [3.05, 3.63) is 59.4 Å². The highest BCUT2D eigenvalue weighted by Gasteiger charge is 2.49. The normalized spacial score (nSPS) is 23.3. The molecule has 3 atom stereocenters. The van der Waals surface area contributed by atoms with E-state index in [-0.39, 0.29) is 58.3 Å². The Morgan fingerprint density at radius 3 is 2.80 bits per heavy atom. The van der Waals surface area contributed by atoms with E-state index >= 15 is 8.78 Å². The fourth-order valence-corrected chi connectivity index (χ4v) is 7.33. The molecule has 0 aliphatic carbocycles. The summed E-state index contributed by atoms with van der Waals surface area (Å²) in [6.07, 6.45) is 6.95. The van der Waals surface area contributed by atoms with Crippen molar-refractivity contribution >= 4 is 27.5 Å². The average molecular weight is 615 g/mol. The number of piperazine rings is 1. The van der Waals surface area contributed by atoms with Gasteiger partial charge in [0.1, 0.15) is 35.7 Å². The zero-order valence-electron chi connectivity index (χ0n) is 24.4. The Hall–Kier alpha value is -4.45. The van der Waals surface area contributed by atoms with Gasteiger partial charge in [-0.1, -0.05) is 30.2 Å². The zero-order valence-corrected chi connectivity index (χ0v) is 24.4. The van der Waals surface area contributed by atoms with E-state index in [9.17, 15) is 14.0 Å². The summed E-state index contributed by atoms with van der Waals surface area (Å²) in [6.45, 7) is 2.62. The first-order chi connectivity index (χ1) is 21.8. The Labute approximate surface area is 257 Å². The molecule has 3 aromatic carbocycles. The molecule has 230 valence electrons. The highest BCUT2D eigenvalue weighted by Crippen LogP contribution is 2.42. The van der Waals surface area contributed by atoms with Gasteiger partial charge in [-0.05, 0) is 42.5 Å². The van der Waals surface area contributed by atoms with Gasteiger partial charge >= 0.3 is 6.01 Å². The molecule has 0 saturated carbocycles. The number of alkyl halides is 1. The average Bonchev–Trinajstić information content (AvgIpc) is 3.56. The number of nitrogens with one attached hydrogen (secondary N) is 1. The van der Waals surface area contributed by atoms with Crippen LogP contribution in [-0.4, -0.2) is 72.0 Å². The molecule has 0 unspecified atom stereocenters. The van der Waals surface area contributed by atoms with Gasteiger partial charge in [0.2, 0.25) is 0 Å². The van der Waals surface area contributed by atoms with Crippen molar-refractivity contribution in [3.8, 4) is 35.6 Å². The molecule has 1 N–H and O–H groups in total. The summed E-state index contributed by atoms with van der Waals surface area (Å²) in [6, 6.07) is 10.6. The second kappa shape index (κ2) is 11.5. The van der Waals surface area contributed by atoms with Crippen LogP contribution in [-0.2, 0) is 0 Å². The summed E-state index contributed by atoms with van der Waals surface area (Å²) < 4.78 is 68.2. The van der Waals surface area contributed by atoms with Crippen LogP contribution >= 0.6 is 0 Å². The van der Waals surface area contributed by atoms with Gasteiger partial charge in [-0.15, -0.1) is 6.42 Å². The molecular formula is C34H30F4N6O. The number of nitriles is 1. The molecule has 3 saturated heterocycles. The molecule has 3 aliphatic heterocycles. The summed E-state index contributed by atoms with van der Waals surface area (Å²) in [5.41, 5.74) is -1.06. The number of hydrogen-bond donors (Lipinski definition) is 1. The van der Waals surface area contributed by atoms with E-state index in [0.29, 0.717) is 38.0 Å². The van der Waals surface area contributed by atoms with E-state index in [4.69, 9.17) is 11.2 Å². The lowest BCUT2D eigenvalue weighted by atomic mass is 9.93. The van der Waals surface area contributed by atoms with Gasteiger partial charge in [-0.3, -0.25) is 4.90 Å². The molecule has 0 bridgehead atoms. The van der Waals surface area contributed by atoms with Crippen LogP contribution < -0.4 is 15.0 Å². The predicted molar refractivity (Wildman–Crippen MR) is 163 cm³/mol. The van der Waals surface area contributed by atoms with E-state index < -0.39 is 34.7 Å². The van der Waals surface area contributed by atoms with E-state index in [2.05, 4.69) is 32.2 Å². The lowest BCUT2D eigenvalue weighted by Gasteiger charge is -2.34. The summed E-state index contributed by atoms with van der Waals surface area (Å²) >= 11 is 0. The molecular weight excluding hydrogens is 584 g/mol. The topological polar surface area (TPSA) is 77.3 Å². The van der Waals surface area contributed by atoms with Crippen LogP contribution in [0.2, 0.25) is 0 Å². The number of rotatable bonds is 6. The number of nitrogens with zero attached hydrogens (tertiary/aromatic N) is 5. The van der Waals surface area contributed by atoms with Gasteiger partial charge < -0.3 is 15.0 Å². The maximum absolute atomic E-state index is 16.7. The smallest absolute Gasteiger partial charge is 0.319 e. The molecule has 11 heteroatoms. The highest BCUT2D eigenvalue weighted by atomic mass is 19.1. The van der Waals surface area contributed by atoms with E-state index in [1.54, 1.807) is 12.1 Å². The third-order valence-electron chi connectivity index (χ3n) is 9.37. The molecule has 0 amide bonds. The molecule has 0 radical (unpaired) electrons. The third kappa shape index (κ3) is 5.01. The number of halogens is 4. The minimum absolute atomic E-state index is 0.0937. The van der Waals surface area contributed by atoms with Crippen LogP contribution in [0.25, 0.3) is 32.8 Å². The van der Waals surface area contributed by atoms with Crippen LogP contribution in [0, 0.1) is 41.1 Å². The summed E-state index contributed by atoms with van der Waals surface area (Å²) in [5, 5.41) is 13.4. The van der Waals surface area contributed by atoms with Crippen molar-refractivity contribution in [2.45, 2.75) is 43.4 Å². The SMILES string of the molecule is C#Cc1c(F)ccc2cccc(-c3c(F)cc4c(N5CCN[C@@H](CC#N)C5)nc(OC[C@@]56CCCN5C[C@H](F)C6)nc4c3F)c12. The second-order valence-corrected chi connectivity index (χ2v) is 12.1. The maximum Gasteiger partial charge on any atom is 0.319 e. The van der Waals surface area contributed by atoms with E-state index in [0.717, 1.165) is 19.4 Å². The van der Waals surface area contributed by atoms with Gasteiger partial charge in [0, 0.05) is 49.4 Å². The third-order valence-corrected chi connectivity index (χ3v) is 9.37. The highest BCUT2D eigenvalue weighted by molar-refractivity contribution is 6.03. The van der Waals surface area contributed by atoms with Crippen LogP contribution in [0.3, 0.4) is 0 Å². The van der Waals surface area contributed by atoms with Crippen molar-refractivity contribution in [1.29, 1.82) is 5.26 Å². The molecule has 4 aromatic rings. The number of ether oxygens (including phenoxy) is 1. The van der Waals surface area contributed by atoms with Crippen LogP contribution in [0.4, 0.5) is 23.4 Å². The van der Waals surface area contributed by atoms with Crippen LogP contribution in [0.15, 0.2) is 36.4 Å². The van der Waals surface area contributed by atoms with Gasteiger partial charge in [0.15, 0.2) is 5.82 Å². The van der Waals surface area contributed by atoms with Gasteiger partial charge in [-0.2, -0.15) is 15.2 Å². The summed E-state index contributed by atoms with van der Waals surface area (Å²) in [5.74, 6) is 0.0781. The quantitative estimate of drug-likeness (QED) is 0.227. The Morgan fingerprint density at radius 1 is 1.11 bits per heavy atom. The first-order valence-electron chi connectivity index (χ1n) is 15.1. The number of hydrogen-bond acceptors (Lipinski definition) is 7.